The number of carbonyl (C=O) groups excluding carboxylic acids is 2. The molecule has 1 saturated carbocycles. The molecule has 4 rings (SSSR count). The molecule has 7 heteroatoms. The van der Waals surface area contributed by atoms with E-state index in [0.29, 0.717) is 35.9 Å². The highest BCUT2D eigenvalue weighted by Gasteiger charge is 2.35. The van der Waals surface area contributed by atoms with Gasteiger partial charge in [-0.1, -0.05) is 6.42 Å². The fraction of sp³-hybridized carbons (Fsp3) is 0.500. The summed E-state index contributed by atoms with van der Waals surface area (Å²) in [6.07, 6.45) is 3.48. The zero-order valence-electron chi connectivity index (χ0n) is 17.0. The van der Waals surface area contributed by atoms with E-state index < -0.39 is 6.04 Å². The Morgan fingerprint density at radius 3 is 2.62 bits per heavy atom. The standard InChI is InChI=1S/C22H26N2O5/c1-12(25)19-16-9-14(27-2)7-8-17(16)24-20(13-5-4-6-13)21(19)29-15-10-18(23-11-15)22(26)28-3/h7-9,13,15,18,23H,4-6,10-11H2,1-3H3. The summed E-state index contributed by atoms with van der Waals surface area (Å²) in [5.74, 6) is 1.14. The summed E-state index contributed by atoms with van der Waals surface area (Å²) in [5, 5.41) is 3.86. The molecule has 1 aliphatic carbocycles. The summed E-state index contributed by atoms with van der Waals surface area (Å²) >= 11 is 0. The minimum absolute atomic E-state index is 0.0725. The van der Waals surface area contributed by atoms with E-state index in [9.17, 15) is 9.59 Å². The molecular formula is C22H26N2O5. The van der Waals surface area contributed by atoms with Gasteiger partial charge in [0, 0.05) is 24.3 Å². The number of ether oxygens (including phenoxy) is 3. The van der Waals surface area contributed by atoms with E-state index in [-0.39, 0.29) is 17.9 Å². The van der Waals surface area contributed by atoms with Crippen LogP contribution < -0.4 is 14.8 Å². The number of pyridine rings is 1. The Labute approximate surface area is 169 Å². The Kier molecular flexibility index (Phi) is 5.41. The molecule has 1 aromatic carbocycles. The first-order chi connectivity index (χ1) is 14.0. The highest BCUT2D eigenvalue weighted by atomic mass is 16.5. The number of methoxy groups -OCH3 is 2. The number of ketones is 1. The van der Waals surface area contributed by atoms with Gasteiger partial charge in [0.25, 0.3) is 0 Å². The predicted molar refractivity (Wildman–Crippen MR) is 108 cm³/mol. The second kappa shape index (κ2) is 7.99. The van der Waals surface area contributed by atoms with E-state index in [1.54, 1.807) is 14.0 Å². The van der Waals surface area contributed by atoms with Gasteiger partial charge in [-0.25, -0.2) is 4.98 Å². The molecule has 7 nitrogen and oxygen atoms in total. The fourth-order valence-electron chi connectivity index (χ4n) is 4.08. The fourth-order valence-corrected chi connectivity index (χ4v) is 4.08. The number of rotatable bonds is 6. The van der Waals surface area contributed by atoms with Crippen LogP contribution in [0, 0.1) is 0 Å². The Bertz CT molecular complexity index is 954. The van der Waals surface area contributed by atoms with Gasteiger partial charge in [-0.15, -0.1) is 0 Å². The first-order valence-corrected chi connectivity index (χ1v) is 10.0. The van der Waals surface area contributed by atoms with Gasteiger partial charge in [0.15, 0.2) is 11.5 Å². The van der Waals surface area contributed by atoms with Crippen molar-refractivity contribution in [2.45, 2.75) is 50.7 Å². The van der Waals surface area contributed by atoms with Crippen molar-refractivity contribution < 1.29 is 23.8 Å². The van der Waals surface area contributed by atoms with Crippen LogP contribution in [0.25, 0.3) is 10.9 Å². The van der Waals surface area contributed by atoms with Gasteiger partial charge >= 0.3 is 5.97 Å². The molecule has 29 heavy (non-hydrogen) atoms. The number of benzene rings is 1. The first-order valence-electron chi connectivity index (χ1n) is 10.0. The van der Waals surface area contributed by atoms with E-state index in [2.05, 4.69) is 5.32 Å². The lowest BCUT2D eigenvalue weighted by atomic mass is 9.81. The van der Waals surface area contributed by atoms with Crippen LogP contribution in [0.5, 0.6) is 11.5 Å². The van der Waals surface area contributed by atoms with Gasteiger partial charge in [-0.2, -0.15) is 0 Å². The molecule has 0 bridgehead atoms. The van der Waals surface area contributed by atoms with Gasteiger partial charge < -0.3 is 19.5 Å². The number of carbonyl (C=O) groups is 2. The average Bonchev–Trinajstić information content (AvgIpc) is 3.14. The van der Waals surface area contributed by atoms with Crippen LogP contribution in [0.3, 0.4) is 0 Å². The van der Waals surface area contributed by atoms with Gasteiger partial charge in [-0.3, -0.25) is 9.59 Å². The van der Waals surface area contributed by atoms with Crippen molar-refractivity contribution in [1.82, 2.24) is 10.3 Å². The lowest BCUT2D eigenvalue weighted by Gasteiger charge is -2.29. The molecule has 2 heterocycles. The topological polar surface area (TPSA) is 86.8 Å². The molecule has 0 spiro atoms. The summed E-state index contributed by atoms with van der Waals surface area (Å²) in [5.41, 5.74) is 2.15. The second-order valence-corrected chi connectivity index (χ2v) is 7.73. The highest BCUT2D eigenvalue weighted by Crippen LogP contribution is 2.44. The van der Waals surface area contributed by atoms with Crippen LogP contribution >= 0.6 is 0 Å². The zero-order chi connectivity index (χ0) is 20.5. The SMILES string of the molecule is COC(=O)C1CC(Oc2c(C3CCC3)nc3ccc(OC)cc3c2C(C)=O)CN1. The molecule has 1 aliphatic heterocycles. The van der Waals surface area contributed by atoms with Crippen molar-refractivity contribution in [3.05, 3.63) is 29.5 Å². The first kappa shape index (κ1) is 19.6. The quantitative estimate of drug-likeness (QED) is 0.591. The third-order valence-corrected chi connectivity index (χ3v) is 5.88. The van der Waals surface area contributed by atoms with Crippen LogP contribution in [-0.4, -0.2) is 49.6 Å². The summed E-state index contributed by atoms with van der Waals surface area (Å²) in [6, 6.07) is 5.18. The Balaban J connectivity index is 1.78. The number of nitrogens with one attached hydrogen (secondary N) is 1. The number of hydrogen-bond donors (Lipinski definition) is 1. The molecule has 2 fully saturated rings. The molecule has 1 aromatic heterocycles. The van der Waals surface area contributed by atoms with Crippen molar-refractivity contribution in [2.75, 3.05) is 20.8 Å². The number of esters is 1. The monoisotopic (exact) mass is 398 g/mol. The molecule has 2 aliphatic rings. The molecule has 2 unspecified atom stereocenters. The zero-order valence-corrected chi connectivity index (χ0v) is 17.0. The van der Waals surface area contributed by atoms with Crippen molar-refractivity contribution >= 4 is 22.7 Å². The van der Waals surface area contributed by atoms with Crippen LogP contribution in [0.15, 0.2) is 18.2 Å². The van der Waals surface area contributed by atoms with E-state index in [0.717, 1.165) is 35.9 Å². The summed E-state index contributed by atoms with van der Waals surface area (Å²) < 4.78 is 16.5. The Morgan fingerprint density at radius 2 is 2.00 bits per heavy atom. The third-order valence-electron chi connectivity index (χ3n) is 5.88. The van der Waals surface area contributed by atoms with Crippen molar-refractivity contribution in [3.8, 4) is 11.5 Å². The van der Waals surface area contributed by atoms with Crippen LogP contribution in [0.2, 0.25) is 0 Å². The third kappa shape index (κ3) is 3.67. The lowest BCUT2D eigenvalue weighted by Crippen LogP contribution is -2.31. The highest BCUT2D eigenvalue weighted by molar-refractivity contribution is 6.09. The Hall–Kier alpha value is -2.67. The van der Waals surface area contributed by atoms with Gasteiger partial charge in [0.2, 0.25) is 0 Å². The molecule has 2 aromatic rings. The largest absolute Gasteiger partial charge is 0.497 e. The van der Waals surface area contributed by atoms with Gasteiger partial charge in [0.1, 0.15) is 17.9 Å². The predicted octanol–water partition coefficient (Wildman–Crippen LogP) is 3.00. The van der Waals surface area contributed by atoms with E-state index >= 15 is 0 Å². The number of aromatic nitrogens is 1. The molecule has 0 radical (unpaired) electrons. The van der Waals surface area contributed by atoms with Crippen molar-refractivity contribution in [1.29, 1.82) is 0 Å². The lowest BCUT2D eigenvalue weighted by molar-refractivity contribution is -0.142. The van der Waals surface area contributed by atoms with E-state index in [1.807, 2.05) is 18.2 Å². The number of fused-ring (bicyclic) bond motifs is 1. The van der Waals surface area contributed by atoms with Crippen LogP contribution in [0.1, 0.15) is 54.6 Å². The molecule has 2 atom stereocenters. The molecule has 1 N–H and O–H groups in total. The second-order valence-electron chi connectivity index (χ2n) is 7.73. The van der Waals surface area contributed by atoms with Gasteiger partial charge in [-0.05, 0) is 38.0 Å². The van der Waals surface area contributed by atoms with Gasteiger partial charge in [0.05, 0.1) is 31.0 Å². The summed E-state index contributed by atoms with van der Waals surface area (Å²) in [7, 11) is 2.97. The molecule has 154 valence electrons. The maximum absolute atomic E-state index is 12.7. The summed E-state index contributed by atoms with van der Waals surface area (Å²) in [6.45, 7) is 2.06. The average molecular weight is 398 g/mol. The molecule has 0 amide bonds. The maximum Gasteiger partial charge on any atom is 0.323 e. The molecular weight excluding hydrogens is 372 g/mol. The number of nitrogens with zero attached hydrogens (tertiary/aromatic N) is 1. The van der Waals surface area contributed by atoms with E-state index in [4.69, 9.17) is 19.2 Å². The normalized spacial score (nSPS) is 21.6. The molecule has 1 saturated heterocycles. The minimum atomic E-state index is -0.397. The van der Waals surface area contributed by atoms with Crippen LogP contribution in [-0.2, 0) is 9.53 Å². The van der Waals surface area contributed by atoms with Crippen molar-refractivity contribution in [3.63, 3.8) is 0 Å². The van der Waals surface area contributed by atoms with Crippen molar-refractivity contribution in [2.24, 2.45) is 0 Å². The summed E-state index contributed by atoms with van der Waals surface area (Å²) in [4.78, 5) is 29.4. The maximum atomic E-state index is 12.7. The van der Waals surface area contributed by atoms with E-state index in [1.165, 1.54) is 7.11 Å². The number of hydrogen-bond acceptors (Lipinski definition) is 7. The van der Waals surface area contributed by atoms with Crippen LogP contribution in [0.4, 0.5) is 0 Å². The minimum Gasteiger partial charge on any atom is -0.497 e. The Morgan fingerprint density at radius 1 is 1.21 bits per heavy atom. The number of Topliss-reactive ketones (excluding diaryl/α,β-unsaturated/α-hetero) is 1. The smallest absolute Gasteiger partial charge is 0.323 e.